The molecule has 100 valence electrons. The second kappa shape index (κ2) is 5.49. The Kier molecular flexibility index (Phi) is 3.96. The van der Waals surface area contributed by atoms with Gasteiger partial charge in [0.2, 0.25) is 0 Å². The van der Waals surface area contributed by atoms with Crippen LogP contribution in [0.2, 0.25) is 0 Å². The number of hydrogen-bond acceptors (Lipinski definition) is 2. The Morgan fingerprint density at radius 3 is 2.53 bits per heavy atom. The fraction of sp³-hybridized carbons (Fsp3) is 0.312. The van der Waals surface area contributed by atoms with E-state index in [1.54, 1.807) is 6.07 Å². The summed E-state index contributed by atoms with van der Waals surface area (Å²) in [5.74, 6) is -0.206. The molecule has 3 heteroatoms. The lowest BCUT2D eigenvalue weighted by Gasteiger charge is -2.16. The molecule has 0 fully saturated rings. The third-order valence-corrected chi connectivity index (χ3v) is 3.41. The van der Waals surface area contributed by atoms with Crippen LogP contribution in [-0.4, -0.2) is 4.98 Å². The van der Waals surface area contributed by atoms with Crippen molar-refractivity contribution in [3.8, 4) is 0 Å². The van der Waals surface area contributed by atoms with Crippen molar-refractivity contribution in [2.45, 2.75) is 33.2 Å². The summed E-state index contributed by atoms with van der Waals surface area (Å²) in [6.45, 7) is 5.84. The zero-order valence-corrected chi connectivity index (χ0v) is 11.6. The minimum absolute atomic E-state index is 0.114. The number of rotatable bonds is 3. The van der Waals surface area contributed by atoms with Crippen LogP contribution >= 0.6 is 0 Å². The molecule has 0 amide bonds. The van der Waals surface area contributed by atoms with Gasteiger partial charge in [0.25, 0.3) is 0 Å². The van der Waals surface area contributed by atoms with Gasteiger partial charge in [-0.3, -0.25) is 4.98 Å². The van der Waals surface area contributed by atoms with Gasteiger partial charge in [0.05, 0.1) is 0 Å². The number of aryl methyl sites for hydroxylation is 3. The van der Waals surface area contributed by atoms with Crippen LogP contribution in [0.4, 0.5) is 4.39 Å². The molecule has 1 unspecified atom stereocenters. The van der Waals surface area contributed by atoms with Crippen molar-refractivity contribution in [3.63, 3.8) is 0 Å². The molecule has 0 aliphatic rings. The summed E-state index contributed by atoms with van der Waals surface area (Å²) in [4.78, 5) is 4.43. The van der Waals surface area contributed by atoms with Gasteiger partial charge in [-0.05, 0) is 62.1 Å². The van der Waals surface area contributed by atoms with Crippen LogP contribution in [0.5, 0.6) is 0 Å². The predicted molar refractivity (Wildman–Crippen MR) is 75.5 cm³/mol. The first-order valence-electron chi connectivity index (χ1n) is 6.42. The topological polar surface area (TPSA) is 38.9 Å². The molecule has 0 aliphatic carbocycles. The van der Waals surface area contributed by atoms with Crippen LogP contribution in [0.15, 0.2) is 30.3 Å². The van der Waals surface area contributed by atoms with Crippen LogP contribution in [0.1, 0.15) is 34.1 Å². The lowest BCUT2D eigenvalue weighted by molar-refractivity contribution is 0.623. The van der Waals surface area contributed by atoms with Gasteiger partial charge in [0.15, 0.2) is 0 Å². The third-order valence-electron chi connectivity index (χ3n) is 3.41. The summed E-state index contributed by atoms with van der Waals surface area (Å²) in [6, 6.07) is 8.72. The molecule has 1 aromatic heterocycles. The molecule has 2 nitrogen and oxygen atoms in total. The van der Waals surface area contributed by atoms with Gasteiger partial charge < -0.3 is 5.73 Å². The summed E-state index contributed by atoms with van der Waals surface area (Å²) >= 11 is 0. The molecule has 2 N–H and O–H groups in total. The van der Waals surface area contributed by atoms with Gasteiger partial charge in [0.1, 0.15) is 5.82 Å². The maximum absolute atomic E-state index is 13.1. The van der Waals surface area contributed by atoms with Gasteiger partial charge in [-0.25, -0.2) is 4.39 Å². The average Bonchev–Trinajstić information content (AvgIpc) is 2.32. The largest absolute Gasteiger partial charge is 0.324 e. The summed E-state index contributed by atoms with van der Waals surface area (Å²) in [6.07, 6.45) is 0.692. The fourth-order valence-corrected chi connectivity index (χ4v) is 2.32. The minimum atomic E-state index is -0.206. The molecule has 19 heavy (non-hydrogen) atoms. The van der Waals surface area contributed by atoms with E-state index in [4.69, 9.17) is 5.73 Å². The highest BCUT2D eigenvalue weighted by Crippen LogP contribution is 2.21. The molecule has 2 aromatic rings. The van der Waals surface area contributed by atoms with Crippen molar-refractivity contribution in [3.05, 3.63) is 64.2 Å². The molecule has 0 radical (unpaired) electrons. The third kappa shape index (κ3) is 3.18. The summed E-state index contributed by atoms with van der Waals surface area (Å²) < 4.78 is 13.1. The second-order valence-electron chi connectivity index (χ2n) is 5.01. The highest BCUT2D eigenvalue weighted by molar-refractivity contribution is 5.31. The van der Waals surface area contributed by atoms with Crippen molar-refractivity contribution >= 4 is 0 Å². The molecule has 0 aliphatic heterocycles. The highest BCUT2D eigenvalue weighted by atomic mass is 19.1. The molecule has 2 rings (SSSR count). The Balaban J connectivity index is 2.23. The number of nitrogens with two attached hydrogens (primary N) is 1. The molecule has 1 atom stereocenters. The normalized spacial score (nSPS) is 12.5. The van der Waals surface area contributed by atoms with E-state index in [0.29, 0.717) is 6.42 Å². The Morgan fingerprint density at radius 1 is 1.16 bits per heavy atom. The van der Waals surface area contributed by atoms with E-state index in [1.165, 1.54) is 6.07 Å². The molecule has 0 bridgehead atoms. The maximum Gasteiger partial charge on any atom is 0.123 e. The summed E-state index contributed by atoms with van der Waals surface area (Å²) in [5, 5.41) is 0. The van der Waals surface area contributed by atoms with Crippen molar-refractivity contribution in [2.24, 2.45) is 5.73 Å². The predicted octanol–water partition coefficient (Wildman–Crippen LogP) is 3.39. The molecular formula is C16H19FN2. The van der Waals surface area contributed by atoms with Crippen molar-refractivity contribution < 1.29 is 4.39 Å². The Bertz CT molecular complexity index is 593. The number of pyridine rings is 1. The number of benzene rings is 1. The van der Waals surface area contributed by atoms with Crippen LogP contribution in [0.3, 0.4) is 0 Å². The first-order valence-corrected chi connectivity index (χ1v) is 6.42. The second-order valence-corrected chi connectivity index (χ2v) is 5.01. The molecular weight excluding hydrogens is 239 g/mol. The Labute approximate surface area is 113 Å². The minimum Gasteiger partial charge on any atom is -0.324 e. The molecule has 0 saturated carbocycles. The summed E-state index contributed by atoms with van der Waals surface area (Å²) in [5.41, 5.74) is 11.3. The van der Waals surface area contributed by atoms with Crippen LogP contribution in [-0.2, 0) is 6.42 Å². The molecule has 1 heterocycles. The monoisotopic (exact) mass is 258 g/mol. The van der Waals surface area contributed by atoms with Crippen LogP contribution < -0.4 is 5.73 Å². The lowest BCUT2D eigenvalue weighted by Crippen LogP contribution is -2.16. The van der Waals surface area contributed by atoms with Crippen molar-refractivity contribution in [2.75, 3.05) is 0 Å². The number of halogens is 1. The SMILES string of the molecule is Cc1ccc(C(N)Cc2ccc(F)cc2C)c(C)n1. The van der Waals surface area contributed by atoms with E-state index in [9.17, 15) is 4.39 Å². The molecule has 0 saturated heterocycles. The van der Waals surface area contributed by atoms with E-state index in [2.05, 4.69) is 4.98 Å². The maximum atomic E-state index is 13.1. The fourth-order valence-electron chi connectivity index (χ4n) is 2.32. The van der Waals surface area contributed by atoms with E-state index < -0.39 is 0 Å². The van der Waals surface area contributed by atoms with Gasteiger partial charge in [-0.15, -0.1) is 0 Å². The highest BCUT2D eigenvalue weighted by Gasteiger charge is 2.12. The molecule has 1 aromatic carbocycles. The summed E-state index contributed by atoms with van der Waals surface area (Å²) in [7, 11) is 0. The Morgan fingerprint density at radius 2 is 1.89 bits per heavy atom. The van der Waals surface area contributed by atoms with Gasteiger partial charge >= 0.3 is 0 Å². The quantitative estimate of drug-likeness (QED) is 0.916. The zero-order valence-electron chi connectivity index (χ0n) is 11.6. The Hall–Kier alpha value is -1.74. The smallest absolute Gasteiger partial charge is 0.123 e. The molecule has 0 spiro atoms. The van der Waals surface area contributed by atoms with Crippen molar-refractivity contribution in [1.29, 1.82) is 0 Å². The number of hydrogen-bond donors (Lipinski definition) is 1. The van der Waals surface area contributed by atoms with Crippen LogP contribution in [0.25, 0.3) is 0 Å². The van der Waals surface area contributed by atoms with E-state index in [-0.39, 0.29) is 11.9 Å². The number of aromatic nitrogens is 1. The van der Waals surface area contributed by atoms with Gasteiger partial charge in [-0.2, -0.15) is 0 Å². The van der Waals surface area contributed by atoms with Gasteiger partial charge in [-0.1, -0.05) is 12.1 Å². The van der Waals surface area contributed by atoms with E-state index in [0.717, 1.165) is 28.1 Å². The van der Waals surface area contributed by atoms with Crippen LogP contribution in [0, 0.1) is 26.6 Å². The number of nitrogens with zero attached hydrogens (tertiary/aromatic N) is 1. The van der Waals surface area contributed by atoms with E-state index >= 15 is 0 Å². The van der Waals surface area contributed by atoms with Gasteiger partial charge in [0, 0.05) is 17.4 Å². The lowest BCUT2D eigenvalue weighted by atomic mass is 9.96. The average molecular weight is 258 g/mol. The first-order chi connectivity index (χ1) is 8.97. The van der Waals surface area contributed by atoms with Crippen molar-refractivity contribution in [1.82, 2.24) is 4.98 Å². The zero-order chi connectivity index (χ0) is 14.0. The first kappa shape index (κ1) is 13.7. The standard InChI is InChI=1S/C16H19FN2/c1-10-8-14(17)6-5-13(10)9-16(18)15-7-4-11(2)19-12(15)3/h4-8,16H,9,18H2,1-3H3. The van der Waals surface area contributed by atoms with E-state index in [1.807, 2.05) is 39.0 Å².